The van der Waals surface area contributed by atoms with Crippen molar-refractivity contribution in [3.05, 3.63) is 29.8 Å². The Balaban J connectivity index is 2.84. The van der Waals surface area contributed by atoms with Gasteiger partial charge in [-0.15, -0.1) is 0 Å². The predicted octanol–water partition coefficient (Wildman–Crippen LogP) is 4.25. The standard InChI is InChI=1S/C17H29NO/c1-6-17(19)15-7-9-16(10-8-15)18(11-13(2)3)12-14(4)5/h7-10,13-14,17,19H,6,11-12H2,1-5H3/t17-/m0/s1. The van der Waals surface area contributed by atoms with Crippen molar-refractivity contribution >= 4 is 5.69 Å². The molecule has 1 atom stereocenters. The molecule has 19 heavy (non-hydrogen) atoms. The second-order valence-corrected chi connectivity index (χ2v) is 6.21. The molecule has 0 aromatic heterocycles. The fourth-order valence-electron chi connectivity index (χ4n) is 2.31. The minimum Gasteiger partial charge on any atom is -0.388 e. The quantitative estimate of drug-likeness (QED) is 0.795. The lowest BCUT2D eigenvalue weighted by Crippen LogP contribution is -2.31. The molecule has 0 bridgehead atoms. The molecule has 0 unspecified atom stereocenters. The van der Waals surface area contributed by atoms with Gasteiger partial charge in [-0.25, -0.2) is 0 Å². The molecule has 1 N–H and O–H groups in total. The number of hydrogen-bond donors (Lipinski definition) is 1. The van der Waals surface area contributed by atoms with Gasteiger partial charge in [-0.2, -0.15) is 0 Å². The van der Waals surface area contributed by atoms with Crippen molar-refractivity contribution in [3.8, 4) is 0 Å². The summed E-state index contributed by atoms with van der Waals surface area (Å²) in [7, 11) is 0. The van der Waals surface area contributed by atoms with Gasteiger partial charge in [-0.05, 0) is 36.0 Å². The third-order valence-corrected chi connectivity index (χ3v) is 3.20. The number of nitrogens with zero attached hydrogens (tertiary/aromatic N) is 1. The van der Waals surface area contributed by atoms with Crippen LogP contribution < -0.4 is 4.90 Å². The van der Waals surface area contributed by atoms with Crippen LogP contribution in [0.4, 0.5) is 5.69 Å². The van der Waals surface area contributed by atoms with Crippen LogP contribution in [0.3, 0.4) is 0 Å². The summed E-state index contributed by atoms with van der Waals surface area (Å²) in [6.07, 6.45) is 0.429. The van der Waals surface area contributed by atoms with E-state index in [0.29, 0.717) is 11.8 Å². The molecule has 0 heterocycles. The lowest BCUT2D eigenvalue weighted by molar-refractivity contribution is 0.173. The summed E-state index contributed by atoms with van der Waals surface area (Å²) in [5.74, 6) is 1.30. The van der Waals surface area contributed by atoms with E-state index in [2.05, 4.69) is 56.9 Å². The normalized spacial score (nSPS) is 13.1. The van der Waals surface area contributed by atoms with Crippen molar-refractivity contribution in [1.29, 1.82) is 0 Å². The van der Waals surface area contributed by atoms with Gasteiger partial charge in [0, 0.05) is 18.8 Å². The third kappa shape index (κ3) is 5.23. The first-order chi connectivity index (χ1) is 8.93. The van der Waals surface area contributed by atoms with E-state index in [1.807, 2.05) is 6.92 Å². The molecule has 0 radical (unpaired) electrons. The van der Waals surface area contributed by atoms with Crippen molar-refractivity contribution in [2.24, 2.45) is 11.8 Å². The summed E-state index contributed by atoms with van der Waals surface area (Å²) in [6, 6.07) is 8.38. The van der Waals surface area contributed by atoms with Crippen molar-refractivity contribution in [1.82, 2.24) is 0 Å². The SMILES string of the molecule is CC[C@H](O)c1ccc(N(CC(C)C)CC(C)C)cc1. The largest absolute Gasteiger partial charge is 0.388 e. The van der Waals surface area contributed by atoms with E-state index in [0.717, 1.165) is 25.1 Å². The second kappa shape index (κ2) is 7.54. The molecule has 0 saturated carbocycles. The van der Waals surface area contributed by atoms with Crippen LogP contribution in [0.2, 0.25) is 0 Å². The first kappa shape index (κ1) is 16.0. The van der Waals surface area contributed by atoms with Gasteiger partial charge < -0.3 is 10.0 Å². The Hall–Kier alpha value is -1.02. The molecule has 0 aliphatic rings. The molecule has 0 amide bonds. The highest BCUT2D eigenvalue weighted by molar-refractivity contribution is 5.48. The zero-order chi connectivity index (χ0) is 14.4. The number of aliphatic hydroxyl groups excluding tert-OH is 1. The van der Waals surface area contributed by atoms with Crippen LogP contribution in [0, 0.1) is 11.8 Å². The lowest BCUT2D eigenvalue weighted by atomic mass is 10.1. The molecule has 0 fully saturated rings. The molecule has 1 aromatic rings. The number of benzene rings is 1. The van der Waals surface area contributed by atoms with Gasteiger partial charge in [0.05, 0.1) is 6.10 Å². The van der Waals surface area contributed by atoms with Crippen LogP contribution >= 0.6 is 0 Å². The van der Waals surface area contributed by atoms with E-state index in [4.69, 9.17) is 0 Å². The fraction of sp³-hybridized carbons (Fsp3) is 0.647. The first-order valence-electron chi connectivity index (χ1n) is 7.47. The Morgan fingerprint density at radius 3 is 1.79 bits per heavy atom. The summed E-state index contributed by atoms with van der Waals surface area (Å²) >= 11 is 0. The van der Waals surface area contributed by atoms with E-state index in [1.54, 1.807) is 0 Å². The summed E-state index contributed by atoms with van der Waals surface area (Å²) in [6.45, 7) is 13.2. The van der Waals surface area contributed by atoms with Crippen LogP contribution in [-0.4, -0.2) is 18.2 Å². The van der Waals surface area contributed by atoms with Crippen molar-refractivity contribution in [2.45, 2.75) is 47.1 Å². The van der Waals surface area contributed by atoms with Crippen LogP contribution in [-0.2, 0) is 0 Å². The van der Waals surface area contributed by atoms with Gasteiger partial charge in [0.2, 0.25) is 0 Å². The van der Waals surface area contributed by atoms with Gasteiger partial charge in [0.15, 0.2) is 0 Å². The molecule has 0 spiro atoms. The number of rotatable bonds is 7. The zero-order valence-electron chi connectivity index (χ0n) is 13.1. The minimum absolute atomic E-state index is 0.335. The van der Waals surface area contributed by atoms with Gasteiger partial charge >= 0.3 is 0 Å². The third-order valence-electron chi connectivity index (χ3n) is 3.20. The molecule has 0 aliphatic heterocycles. The molecule has 2 heteroatoms. The van der Waals surface area contributed by atoms with Crippen LogP contribution in [0.1, 0.15) is 52.7 Å². The number of hydrogen-bond acceptors (Lipinski definition) is 2. The monoisotopic (exact) mass is 263 g/mol. The van der Waals surface area contributed by atoms with Crippen LogP contribution in [0.15, 0.2) is 24.3 Å². The molecule has 1 rings (SSSR count). The highest BCUT2D eigenvalue weighted by Gasteiger charge is 2.11. The molecule has 108 valence electrons. The van der Waals surface area contributed by atoms with E-state index < -0.39 is 0 Å². The zero-order valence-corrected chi connectivity index (χ0v) is 13.1. The van der Waals surface area contributed by atoms with Gasteiger partial charge in [-0.1, -0.05) is 46.8 Å². The van der Waals surface area contributed by atoms with Crippen molar-refractivity contribution < 1.29 is 5.11 Å². The lowest BCUT2D eigenvalue weighted by Gasteiger charge is -2.28. The summed E-state index contributed by atoms with van der Waals surface area (Å²) in [4.78, 5) is 2.44. The Morgan fingerprint density at radius 2 is 1.42 bits per heavy atom. The van der Waals surface area contributed by atoms with Gasteiger partial charge in [-0.3, -0.25) is 0 Å². The highest BCUT2D eigenvalue weighted by Crippen LogP contribution is 2.22. The molecule has 2 nitrogen and oxygen atoms in total. The fourth-order valence-corrected chi connectivity index (χ4v) is 2.31. The summed E-state index contributed by atoms with van der Waals surface area (Å²) in [5, 5.41) is 9.84. The first-order valence-corrected chi connectivity index (χ1v) is 7.47. The highest BCUT2D eigenvalue weighted by atomic mass is 16.3. The summed E-state index contributed by atoms with van der Waals surface area (Å²) < 4.78 is 0. The van der Waals surface area contributed by atoms with Gasteiger partial charge in [0.25, 0.3) is 0 Å². The van der Waals surface area contributed by atoms with Crippen LogP contribution in [0.25, 0.3) is 0 Å². The Labute approximate surface area is 118 Å². The maximum atomic E-state index is 9.84. The number of anilines is 1. The summed E-state index contributed by atoms with van der Waals surface area (Å²) in [5.41, 5.74) is 2.27. The average Bonchev–Trinajstić information content (AvgIpc) is 2.36. The number of aliphatic hydroxyl groups is 1. The van der Waals surface area contributed by atoms with E-state index in [9.17, 15) is 5.11 Å². The molecule has 1 aromatic carbocycles. The maximum absolute atomic E-state index is 9.84. The molecule has 0 saturated heterocycles. The van der Waals surface area contributed by atoms with Crippen molar-refractivity contribution in [3.63, 3.8) is 0 Å². The minimum atomic E-state index is -0.335. The molecular formula is C17H29NO. The van der Waals surface area contributed by atoms with Crippen LogP contribution in [0.5, 0.6) is 0 Å². The Bertz CT molecular complexity index is 346. The van der Waals surface area contributed by atoms with Crippen molar-refractivity contribution in [2.75, 3.05) is 18.0 Å². The Kier molecular flexibility index (Phi) is 6.36. The van der Waals surface area contributed by atoms with E-state index in [-0.39, 0.29) is 6.10 Å². The Morgan fingerprint density at radius 1 is 0.947 bits per heavy atom. The maximum Gasteiger partial charge on any atom is 0.0787 e. The molecule has 0 aliphatic carbocycles. The van der Waals surface area contributed by atoms with E-state index >= 15 is 0 Å². The predicted molar refractivity (Wildman–Crippen MR) is 83.6 cm³/mol. The average molecular weight is 263 g/mol. The van der Waals surface area contributed by atoms with Gasteiger partial charge in [0.1, 0.15) is 0 Å². The topological polar surface area (TPSA) is 23.5 Å². The van der Waals surface area contributed by atoms with E-state index in [1.165, 1.54) is 5.69 Å². The second-order valence-electron chi connectivity index (χ2n) is 6.21. The smallest absolute Gasteiger partial charge is 0.0787 e. The molecular weight excluding hydrogens is 234 g/mol.